The first-order valence-electron chi connectivity index (χ1n) is 7.02. The number of hydrogen-bond acceptors (Lipinski definition) is 2. The van der Waals surface area contributed by atoms with Crippen LogP contribution in [0.3, 0.4) is 0 Å². The van der Waals surface area contributed by atoms with Crippen molar-refractivity contribution in [1.29, 1.82) is 0 Å². The molecule has 0 spiro atoms. The molecule has 1 fully saturated rings. The molecule has 3 heteroatoms. The van der Waals surface area contributed by atoms with Crippen LogP contribution in [-0.4, -0.2) is 31.1 Å². The van der Waals surface area contributed by atoms with E-state index >= 15 is 0 Å². The van der Waals surface area contributed by atoms with Crippen molar-refractivity contribution in [3.63, 3.8) is 0 Å². The Morgan fingerprint density at radius 2 is 1.89 bits per heavy atom. The number of halogens is 1. The van der Waals surface area contributed by atoms with Gasteiger partial charge in [-0.2, -0.15) is 0 Å². The lowest BCUT2D eigenvalue weighted by Gasteiger charge is -2.19. The van der Waals surface area contributed by atoms with E-state index in [1.807, 2.05) is 18.2 Å². The molecule has 2 nitrogen and oxygen atoms in total. The van der Waals surface area contributed by atoms with Crippen molar-refractivity contribution in [2.24, 2.45) is 0 Å². The van der Waals surface area contributed by atoms with E-state index in [2.05, 4.69) is 16.3 Å². The summed E-state index contributed by atoms with van der Waals surface area (Å²) in [5, 5.41) is 4.32. The molecule has 1 heterocycles. The molecule has 1 aliphatic heterocycles. The van der Waals surface area contributed by atoms with Gasteiger partial charge in [0.05, 0.1) is 0 Å². The summed E-state index contributed by atoms with van der Waals surface area (Å²) in [5.74, 6) is 0. The fourth-order valence-electron chi connectivity index (χ4n) is 2.48. The third-order valence-corrected chi connectivity index (χ3v) is 3.76. The van der Waals surface area contributed by atoms with E-state index < -0.39 is 0 Å². The first kappa shape index (κ1) is 13.9. The maximum Gasteiger partial charge on any atom is 0.0409 e. The van der Waals surface area contributed by atoms with Crippen LogP contribution < -0.4 is 5.32 Å². The average Bonchev–Trinajstić information content (AvgIpc) is 2.63. The van der Waals surface area contributed by atoms with Crippen molar-refractivity contribution >= 4 is 11.6 Å². The molecule has 0 bridgehead atoms. The fourth-order valence-corrected chi connectivity index (χ4v) is 2.69. The van der Waals surface area contributed by atoms with Gasteiger partial charge in [0.1, 0.15) is 0 Å². The molecular weight excluding hydrogens is 244 g/mol. The maximum atomic E-state index is 5.96. The minimum atomic E-state index is 0.821. The van der Waals surface area contributed by atoms with Gasteiger partial charge in [0, 0.05) is 24.7 Å². The third-order valence-electron chi connectivity index (χ3n) is 3.52. The summed E-state index contributed by atoms with van der Waals surface area (Å²) in [4.78, 5) is 2.58. The van der Waals surface area contributed by atoms with Gasteiger partial charge in [-0.3, -0.25) is 0 Å². The van der Waals surface area contributed by atoms with Crippen LogP contribution in [0.1, 0.15) is 31.2 Å². The van der Waals surface area contributed by atoms with Crippen LogP contribution in [0.15, 0.2) is 24.3 Å². The number of likely N-dealkylation sites (tertiary alicyclic amines) is 1. The van der Waals surface area contributed by atoms with E-state index in [-0.39, 0.29) is 0 Å². The van der Waals surface area contributed by atoms with Crippen molar-refractivity contribution in [3.8, 4) is 0 Å². The molecule has 0 aromatic heterocycles. The standard InChI is InChI=1S/C15H23ClN2/c16-15-7-5-6-14(12-15)13-17-8-11-18-9-3-1-2-4-10-18/h5-7,12,17H,1-4,8-11,13H2. The summed E-state index contributed by atoms with van der Waals surface area (Å²) in [6.07, 6.45) is 5.56. The lowest BCUT2D eigenvalue weighted by atomic mass is 10.2. The predicted molar refractivity (Wildman–Crippen MR) is 78.1 cm³/mol. The Balaban J connectivity index is 1.63. The first-order valence-corrected chi connectivity index (χ1v) is 7.40. The van der Waals surface area contributed by atoms with Gasteiger partial charge >= 0.3 is 0 Å². The van der Waals surface area contributed by atoms with Gasteiger partial charge in [0.2, 0.25) is 0 Å². The summed E-state index contributed by atoms with van der Waals surface area (Å²) < 4.78 is 0. The fraction of sp³-hybridized carbons (Fsp3) is 0.600. The van der Waals surface area contributed by atoms with Crippen molar-refractivity contribution in [2.75, 3.05) is 26.2 Å². The number of rotatable bonds is 5. The monoisotopic (exact) mass is 266 g/mol. The van der Waals surface area contributed by atoms with E-state index in [0.29, 0.717) is 0 Å². The lowest BCUT2D eigenvalue weighted by molar-refractivity contribution is 0.284. The highest BCUT2D eigenvalue weighted by atomic mass is 35.5. The van der Waals surface area contributed by atoms with Gasteiger partial charge in [-0.1, -0.05) is 36.6 Å². The molecule has 1 aromatic rings. The number of benzene rings is 1. The van der Waals surface area contributed by atoms with Crippen LogP contribution in [-0.2, 0) is 6.54 Å². The second-order valence-corrected chi connectivity index (χ2v) is 5.50. The Morgan fingerprint density at radius 3 is 2.61 bits per heavy atom. The van der Waals surface area contributed by atoms with Crippen molar-refractivity contribution < 1.29 is 0 Å². The minimum Gasteiger partial charge on any atom is -0.311 e. The first-order chi connectivity index (χ1) is 8.84. The molecule has 0 amide bonds. The summed E-state index contributed by atoms with van der Waals surface area (Å²) in [6, 6.07) is 8.07. The molecule has 1 saturated heterocycles. The number of hydrogen-bond donors (Lipinski definition) is 1. The summed E-state index contributed by atoms with van der Waals surface area (Å²) in [6.45, 7) is 5.69. The van der Waals surface area contributed by atoms with Gasteiger partial charge in [0.25, 0.3) is 0 Å². The van der Waals surface area contributed by atoms with Crippen molar-refractivity contribution in [3.05, 3.63) is 34.9 Å². The molecule has 0 saturated carbocycles. The molecule has 0 radical (unpaired) electrons. The molecule has 1 N–H and O–H groups in total. The van der Waals surface area contributed by atoms with Crippen LogP contribution in [0.2, 0.25) is 5.02 Å². The summed E-state index contributed by atoms with van der Waals surface area (Å²) in [7, 11) is 0. The average molecular weight is 267 g/mol. The molecular formula is C15H23ClN2. The summed E-state index contributed by atoms with van der Waals surface area (Å²) in [5.41, 5.74) is 1.26. The normalized spacial score (nSPS) is 17.6. The van der Waals surface area contributed by atoms with Gasteiger partial charge in [-0.15, -0.1) is 0 Å². The van der Waals surface area contributed by atoms with E-state index in [0.717, 1.165) is 18.1 Å². The highest BCUT2D eigenvalue weighted by Gasteiger charge is 2.07. The highest BCUT2D eigenvalue weighted by molar-refractivity contribution is 6.30. The zero-order chi connectivity index (χ0) is 12.6. The van der Waals surface area contributed by atoms with Crippen LogP contribution in [0.4, 0.5) is 0 Å². The SMILES string of the molecule is Clc1cccc(CNCCN2CCCCCC2)c1. The maximum absolute atomic E-state index is 5.96. The Hall–Kier alpha value is -0.570. The highest BCUT2D eigenvalue weighted by Crippen LogP contribution is 2.10. The van der Waals surface area contributed by atoms with Gasteiger partial charge < -0.3 is 10.2 Å². The number of nitrogens with one attached hydrogen (secondary N) is 1. The smallest absolute Gasteiger partial charge is 0.0409 e. The van der Waals surface area contributed by atoms with E-state index in [4.69, 9.17) is 11.6 Å². The Kier molecular flexibility index (Phi) is 5.98. The van der Waals surface area contributed by atoms with E-state index in [1.54, 1.807) is 0 Å². The van der Waals surface area contributed by atoms with Crippen LogP contribution in [0.25, 0.3) is 0 Å². The Bertz CT molecular complexity index is 346. The molecule has 18 heavy (non-hydrogen) atoms. The zero-order valence-electron chi connectivity index (χ0n) is 11.0. The van der Waals surface area contributed by atoms with Gasteiger partial charge in [0.15, 0.2) is 0 Å². The Labute approximate surface area is 115 Å². The molecule has 0 aliphatic carbocycles. The Morgan fingerprint density at radius 1 is 1.11 bits per heavy atom. The van der Waals surface area contributed by atoms with Gasteiger partial charge in [-0.05, 0) is 43.6 Å². The molecule has 0 atom stereocenters. The molecule has 1 aromatic carbocycles. The molecule has 1 aliphatic rings. The topological polar surface area (TPSA) is 15.3 Å². The summed E-state index contributed by atoms with van der Waals surface area (Å²) >= 11 is 5.96. The van der Waals surface area contributed by atoms with E-state index in [1.165, 1.54) is 50.9 Å². The second kappa shape index (κ2) is 7.78. The van der Waals surface area contributed by atoms with Crippen molar-refractivity contribution in [1.82, 2.24) is 10.2 Å². The lowest BCUT2D eigenvalue weighted by Crippen LogP contribution is -2.32. The predicted octanol–water partition coefficient (Wildman–Crippen LogP) is 3.31. The molecule has 100 valence electrons. The quantitative estimate of drug-likeness (QED) is 0.823. The third kappa shape index (κ3) is 4.97. The van der Waals surface area contributed by atoms with Crippen LogP contribution in [0, 0.1) is 0 Å². The zero-order valence-corrected chi connectivity index (χ0v) is 11.8. The van der Waals surface area contributed by atoms with Gasteiger partial charge in [-0.25, -0.2) is 0 Å². The largest absolute Gasteiger partial charge is 0.311 e. The molecule has 0 unspecified atom stereocenters. The minimum absolute atomic E-state index is 0.821. The van der Waals surface area contributed by atoms with Crippen LogP contribution >= 0.6 is 11.6 Å². The van der Waals surface area contributed by atoms with Crippen LogP contribution in [0.5, 0.6) is 0 Å². The van der Waals surface area contributed by atoms with Crippen molar-refractivity contribution in [2.45, 2.75) is 32.2 Å². The molecule has 2 rings (SSSR count). The number of nitrogens with zero attached hydrogens (tertiary/aromatic N) is 1. The van der Waals surface area contributed by atoms with E-state index in [9.17, 15) is 0 Å². The second-order valence-electron chi connectivity index (χ2n) is 5.06.